The Labute approximate surface area is 303 Å². The lowest BCUT2D eigenvalue weighted by atomic mass is 9.82. The van der Waals surface area contributed by atoms with Gasteiger partial charge in [0.05, 0.1) is 0 Å². The lowest BCUT2D eigenvalue weighted by molar-refractivity contribution is 1.17. The van der Waals surface area contributed by atoms with Gasteiger partial charge in [-0.1, -0.05) is 178 Å². The molecule has 2 nitrogen and oxygen atoms in total. The van der Waals surface area contributed by atoms with Crippen molar-refractivity contribution in [3.05, 3.63) is 183 Å². The van der Waals surface area contributed by atoms with Crippen LogP contribution in [0, 0.1) is 0 Å². The van der Waals surface area contributed by atoms with Crippen LogP contribution in [0.15, 0.2) is 183 Å². The van der Waals surface area contributed by atoms with E-state index < -0.39 is 0 Å². The zero-order valence-corrected chi connectivity index (χ0v) is 29.2. The number of hydrogen-bond acceptors (Lipinski definition) is 2. The number of benzene rings is 9. The van der Waals surface area contributed by atoms with Gasteiger partial charge in [-0.2, -0.15) is 0 Å². The molecule has 0 bridgehead atoms. The van der Waals surface area contributed by atoms with Crippen molar-refractivity contribution in [2.75, 3.05) is 0 Å². The van der Waals surface area contributed by atoms with Crippen LogP contribution in [0.1, 0.15) is 13.8 Å². The number of fused-ring (bicyclic) bond motifs is 6. The topological polar surface area (TPSA) is 25.8 Å². The molecule has 0 atom stereocenters. The maximum absolute atomic E-state index is 4.40. The molecule has 2 heteroatoms. The predicted octanol–water partition coefficient (Wildman–Crippen LogP) is 13.9. The van der Waals surface area contributed by atoms with Crippen molar-refractivity contribution in [2.45, 2.75) is 13.8 Å². The molecule has 1 heterocycles. The Morgan fingerprint density at radius 2 is 0.692 bits per heavy atom. The van der Waals surface area contributed by atoms with Crippen LogP contribution in [0.25, 0.3) is 98.4 Å². The lowest BCUT2D eigenvalue weighted by Gasteiger charge is -2.21. The Bertz CT molecular complexity index is 2840. The van der Waals surface area contributed by atoms with Gasteiger partial charge in [0.15, 0.2) is 0 Å². The van der Waals surface area contributed by atoms with Crippen LogP contribution >= 0.6 is 0 Å². The van der Waals surface area contributed by atoms with E-state index in [0.29, 0.717) is 0 Å². The van der Waals surface area contributed by atoms with Crippen molar-refractivity contribution < 1.29 is 0 Å². The predicted molar refractivity (Wildman–Crippen MR) is 223 cm³/mol. The summed E-state index contributed by atoms with van der Waals surface area (Å²) in [6.07, 6.45) is 5.44. The van der Waals surface area contributed by atoms with Gasteiger partial charge in [0.2, 0.25) is 0 Å². The van der Waals surface area contributed by atoms with Crippen LogP contribution < -0.4 is 0 Å². The molecule has 0 aliphatic carbocycles. The van der Waals surface area contributed by atoms with Gasteiger partial charge >= 0.3 is 0 Å². The second-order valence-electron chi connectivity index (χ2n) is 12.9. The van der Waals surface area contributed by atoms with Gasteiger partial charge in [0, 0.05) is 23.5 Å². The highest BCUT2D eigenvalue weighted by atomic mass is 14.8. The van der Waals surface area contributed by atoms with E-state index >= 15 is 0 Å². The average molecular weight is 665 g/mol. The molecule has 0 unspecified atom stereocenters. The van der Waals surface area contributed by atoms with Gasteiger partial charge in [-0.05, 0) is 87.2 Å². The summed E-state index contributed by atoms with van der Waals surface area (Å²) in [7, 11) is 0. The SMILES string of the molecule is CC.c1ccc(-c2c3ccccc3c(-c3ccccc3)c3c2ccc2c(-c4c5ccccc5c(-c5cncnc5)c5ccccc45)cccc23)cc1. The van der Waals surface area contributed by atoms with E-state index in [9.17, 15) is 0 Å². The van der Waals surface area contributed by atoms with Gasteiger partial charge in [-0.15, -0.1) is 0 Å². The van der Waals surface area contributed by atoms with E-state index in [0.717, 1.165) is 11.1 Å². The molecule has 9 aromatic carbocycles. The fraction of sp³-hybridized carbons (Fsp3) is 0.0400. The first-order valence-electron chi connectivity index (χ1n) is 18.1. The van der Waals surface area contributed by atoms with E-state index in [2.05, 4.69) is 174 Å². The minimum atomic E-state index is 1.02. The summed E-state index contributed by atoms with van der Waals surface area (Å²) in [5, 5.41) is 12.3. The standard InChI is InChI=1S/C48H30N2.C2H6/c1-3-14-31(15-4-1)44-37-18-7-10-21-40(37)46(32-16-5-2-6-17-32)48-36-25-13-24-35(34(36)26-27-43(44)48)47-41-22-11-8-19-38(41)45(33-28-49-30-50-29-33)39-20-9-12-23-42(39)47;1-2/h1-30H;1-2H3. The van der Waals surface area contributed by atoms with Gasteiger partial charge < -0.3 is 0 Å². The summed E-state index contributed by atoms with van der Waals surface area (Å²) >= 11 is 0. The Morgan fingerprint density at radius 1 is 0.288 bits per heavy atom. The molecule has 0 amide bonds. The summed E-state index contributed by atoms with van der Waals surface area (Å²) in [5.74, 6) is 0. The summed E-state index contributed by atoms with van der Waals surface area (Å²) in [6, 6.07) is 59.8. The first-order chi connectivity index (χ1) is 25.9. The minimum absolute atomic E-state index is 1.02. The van der Waals surface area contributed by atoms with Crippen LogP contribution in [0.5, 0.6) is 0 Å². The van der Waals surface area contributed by atoms with Crippen molar-refractivity contribution in [3.8, 4) is 44.5 Å². The quantitative estimate of drug-likeness (QED) is 0.138. The molecule has 0 saturated carbocycles. The first-order valence-corrected chi connectivity index (χ1v) is 18.1. The van der Waals surface area contributed by atoms with Crippen molar-refractivity contribution >= 4 is 53.9 Å². The Morgan fingerprint density at radius 3 is 1.23 bits per heavy atom. The van der Waals surface area contributed by atoms with Crippen molar-refractivity contribution in [2.24, 2.45) is 0 Å². The molecule has 10 aromatic rings. The highest BCUT2D eigenvalue weighted by molar-refractivity contribution is 6.30. The molecule has 246 valence electrons. The summed E-state index contributed by atoms with van der Waals surface area (Å²) in [4.78, 5) is 8.80. The van der Waals surface area contributed by atoms with Crippen molar-refractivity contribution in [1.29, 1.82) is 0 Å². The molecular weight excluding hydrogens is 629 g/mol. The third kappa shape index (κ3) is 4.95. The minimum Gasteiger partial charge on any atom is -0.244 e. The van der Waals surface area contributed by atoms with Gasteiger partial charge in [-0.3, -0.25) is 0 Å². The second kappa shape index (κ2) is 13.2. The summed E-state index contributed by atoms with van der Waals surface area (Å²) in [6.45, 7) is 4.00. The first kappa shape index (κ1) is 31.3. The number of aromatic nitrogens is 2. The Balaban J connectivity index is 0.00000177. The monoisotopic (exact) mass is 664 g/mol. The molecule has 10 rings (SSSR count). The average Bonchev–Trinajstić information content (AvgIpc) is 3.23. The molecule has 0 aliphatic heterocycles. The van der Waals surface area contributed by atoms with Crippen LogP contribution in [0.2, 0.25) is 0 Å². The van der Waals surface area contributed by atoms with E-state index in [1.807, 2.05) is 26.2 Å². The molecule has 52 heavy (non-hydrogen) atoms. The second-order valence-corrected chi connectivity index (χ2v) is 12.9. The maximum atomic E-state index is 4.40. The number of hydrogen-bond donors (Lipinski definition) is 0. The van der Waals surface area contributed by atoms with Crippen LogP contribution in [-0.2, 0) is 0 Å². The molecule has 0 N–H and O–H groups in total. The zero-order chi connectivity index (χ0) is 35.0. The molecule has 0 spiro atoms. The van der Waals surface area contributed by atoms with Gasteiger partial charge in [0.1, 0.15) is 6.33 Å². The van der Waals surface area contributed by atoms with Gasteiger partial charge in [-0.25, -0.2) is 9.97 Å². The highest BCUT2D eigenvalue weighted by Crippen LogP contribution is 2.49. The van der Waals surface area contributed by atoms with E-state index in [1.54, 1.807) is 6.33 Å². The Hall–Kier alpha value is -6.64. The zero-order valence-electron chi connectivity index (χ0n) is 29.2. The summed E-state index contributed by atoms with van der Waals surface area (Å²) in [5.41, 5.74) is 9.63. The van der Waals surface area contributed by atoms with Crippen LogP contribution in [0.3, 0.4) is 0 Å². The molecule has 0 fully saturated rings. The third-order valence-electron chi connectivity index (χ3n) is 10.2. The fourth-order valence-corrected chi connectivity index (χ4v) is 8.23. The van der Waals surface area contributed by atoms with Gasteiger partial charge in [0.25, 0.3) is 0 Å². The van der Waals surface area contributed by atoms with Crippen molar-refractivity contribution in [3.63, 3.8) is 0 Å². The third-order valence-corrected chi connectivity index (χ3v) is 10.2. The van der Waals surface area contributed by atoms with E-state index in [4.69, 9.17) is 0 Å². The highest BCUT2D eigenvalue weighted by Gasteiger charge is 2.22. The maximum Gasteiger partial charge on any atom is 0.115 e. The van der Waals surface area contributed by atoms with Crippen molar-refractivity contribution in [1.82, 2.24) is 9.97 Å². The molecule has 0 radical (unpaired) electrons. The van der Waals surface area contributed by atoms with Crippen LogP contribution in [0.4, 0.5) is 0 Å². The Kier molecular flexibility index (Phi) is 7.98. The molecule has 0 saturated heterocycles. The van der Waals surface area contributed by atoms with E-state index in [1.165, 1.54) is 87.2 Å². The van der Waals surface area contributed by atoms with E-state index in [-0.39, 0.29) is 0 Å². The summed E-state index contributed by atoms with van der Waals surface area (Å²) < 4.78 is 0. The smallest absolute Gasteiger partial charge is 0.115 e. The molecular formula is C50H36N2. The van der Waals surface area contributed by atoms with Crippen LogP contribution in [-0.4, -0.2) is 9.97 Å². The largest absolute Gasteiger partial charge is 0.244 e. The molecule has 0 aliphatic rings. The molecule has 1 aromatic heterocycles. The normalized spacial score (nSPS) is 11.3. The fourth-order valence-electron chi connectivity index (χ4n) is 8.23. The number of nitrogens with zero attached hydrogens (tertiary/aromatic N) is 2. The number of rotatable bonds is 4. The lowest BCUT2D eigenvalue weighted by Crippen LogP contribution is -1.94.